The molecule has 2 aliphatic heterocycles. The summed E-state index contributed by atoms with van der Waals surface area (Å²) in [6.45, 7) is 4.82. The van der Waals surface area contributed by atoms with E-state index in [0.717, 1.165) is 52.0 Å². The number of carboxylic acid groups (broad SMARTS) is 1. The van der Waals surface area contributed by atoms with Crippen molar-refractivity contribution in [1.82, 2.24) is 4.90 Å². The van der Waals surface area contributed by atoms with E-state index in [1.54, 1.807) is 18.2 Å². The van der Waals surface area contributed by atoms with Crippen LogP contribution in [-0.2, 0) is 9.53 Å². The first-order chi connectivity index (χ1) is 13.0. The summed E-state index contributed by atoms with van der Waals surface area (Å²) in [4.78, 5) is 25.7. The van der Waals surface area contributed by atoms with Gasteiger partial charge in [0.25, 0.3) is 5.91 Å². The molecule has 1 spiro atoms. The largest absolute Gasteiger partial charge is 0.490 e. The van der Waals surface area contributed by atoms with Crippen LogP contribution in [0.25, 0.3) is 0 Å². The van der Waals surface area contributed by atoms with Crippen LogP contribution in [0.3, 0.4) is 0 Å². The molecule has 0 unspecified atom stereocenters. The molecule has 1 amide bonds. The fourth-order valence-electron chi connectivity index (χ4n) is 3.94. The number of ether oxygens (including phenoxy) is 3. The topological polar surface area (TPSA) is 85.3 Å². The zero-order valence-electron chi connectivity index (χ0n) is 15.7. The van der Waals surface area contributed by atoms with E-state index in [1.807, 2.05) is 11.8 Å². The molecule has 1 aromatic carbocycles. The van der Waals surface area contributed by atoms with Crippen LogP contribution in [0.5, 0.6) is 11.5 Å². The number of hydrogen-bond donors (Lipinski definition) is 1. The van der Waals surface area contributed by atoms with Crippen molar-refractivity contribution in [2.45, 2.75) is 32.6 Å². The lowest BCUT2D eigenvalue weighted by Gasteiger charge is -2.45. The molecule has 2 heterocycles. The third kappa shape index (κ3) is 4.71. The molecule has 0 atom stereocenters. The van der Waals surface area contributed by atoms with Gasteiger partial charge in [-0.1, -0.05) is 0 Å². The Morgan fingerprint density at radius 3 is 2.67 bits per heavy atom. The number of carbonyl (C=O) groups excluding carboxylic acids is 1. The third-order valence-corrected chi connectivity index (χ3v) is 5.34. The first-order valence-electron chi connectivity index (χ1n) is 9.51. The summed E-state index contributed by atoms with van der Waals surface area (Å²) in [5, 5.41) is 8.79. The smallest absolute Gasteiger partial charge is 0.341 e. The van der Waals surface area contributed by atoms with Crippen LogP contribution in [-0.4, -0.2) is 61.4 Å². The van der Waals surface area contributed by atoms with Gasteiger partial charge >= 0.3 is 5.97 Å². The van der Waals surface area contributed by atoms with Crippen LogP contribution >= 0.6 is 0 Å². The Morgan fingerprint density at radius 1 is 1.19 bits per heavy atom. The Bertz CT molecular complexity index is 678. The third-order valence-electron chi connectivity index (χ3n) is 5.34. The maximum Gasteiger partial charge on any atom is 0.341 e. The summed E-state index contributed by atoms with van der Waals surface area (Å²) >= 11 is 0. The average Bonchev–Trinajstić information content (AvgIpc) is 2.67. The van der Waals surface area contributed by atoms with Gasteiger partial charge in [-0.15, -0.1) is 0 Å². The fraction of sp³-hybridized carbons (Fsp3) is 0.600. The SMILES string of the molecule is CCOc1cc(C(=O)N2CCCC3(CCOCC3)C2)ccc1OCC(=O)O. The number of carboxylic acids is 1. The molecule has 2 fully saturated rings. The Morgan fingerprint density at radius 2 is 1.96 bits per heavy atom. The van der Waals surface area contributed by atoms with E-state index in [-0.39, 0.29) is 11.3 Å². The molecule has 1 N–H and O–H groups in total. The van der Waals surface area contributed by atoms with Crippen LogP contribution in [0.2, 0.25) is 0 Å². The first-order valence-corrected chi connectivity index (χ1v) is 9.51. The van der Waals surface area contributed by atoms with Crippen LogP contribution < -0.4 is 9.47 Å². The number of aliphatic carboxylic acids is 1. The van der Waals surface area contributed by atoms with E-state index < -0.39 is 12.6 Å². The minimum atomic E-state index is -1.06. The minimum absolute atomic E-state index is 0.0219. The Balaban J connectivity index is 1.75. The molecule has 0 saturated carbocycles. The summed E-state index contributed by atoms with van der Waals surface area (Å²) in [5.41, 5.74) is 0.713. The van der Waals surface area contributed by atoms with Crippen molar-refractivity contribution in [2.24, 2.45) is 5.41 Å². The highest BCUT2D eigenvalue weighted by Crippen LogP contribution is 2.39. The van der Waals surface area contributed by atoms with E-state index >= 15 is 0 Å². The molecule has 2 saturated heterocycles. The van der Waals surface area contributed by atoms with Crippen LogP contribution in [0.1, 0.15) is 43.0 Å². The summed E-state index contributed by atoms with van der Waals surface area (Å²) < 4.78 is 16.3. The van der Waals surface area contributed by atoms with Gasteiger partial charge in [0.15, 0.2) is 18.1 Å². The maximum absolute atomic E-state index is 13.1. The summed E-state index contributed by atoms with van der Waals surface area (Å²) in [7, 11) is 0. The van der Waals surface area contributed by atoms with Crippen molar-refractivity contribution in [3.05, 3.63) is 23.8 Å². The molecule has 0 bridgehead atoms. The normalized spacial score (nSPS) is 18.9. The van der Waals surface area contributed by atoms with Crippen molar-refractivity contribution in [3.8, 4) is 11.5 Å². The Hall–Kier alpha value is -2.28. The summed E-state index contributed by atoms with van der Waals surface area (Å²) in [6, 6.07) is 4.93. The number of hydrogen-bond acceptors (Lipinski definition) is 5. The highest BCUT2D eigenvalue weighted by molar-refractivity contribution is 5.95. The molecule has 1 aromatic rings. The van der Waals surface area contributed by atoms with Crippen molar-refractivity contribution in [3.63, 3.8) is 0 Å². The van der Waals surface area contributed by atoms with E-state index in [4.69, 9.17) is 19.3 Å². The summed E-state index contributed by atoms with van der Waals surface area (Å²) in [5.74, 6) is -0.364. The van der Waals surface area contributed by atoms with Gasteiger partial charge in [0.1, 0.15) is 0 Å². The van der Waals surface area contributed by atoms with E-state index in [1.165, 1.54) is 0 Å². The minimum Gasteiger partial charge on any atom is -0.490 e. The van der Waals surface area contributed by atoms with Gasteiger partial charge < -0.3 is 24.2 Å². The van der Waals surface area contributed by atoms with Crippen molar-refractivity contribution < 1.29 is 28.9 Å². The van der Waals surface area contributed by atoms with Gasteiger partial charge in [0.2, 0.25) is 0 Å². The molecule has 7 nitrogen and oxygen atoms in total. The fourth-order valence-corrected chi connectivity index (χ4v) is 3.94. The number of benzene rings is 1. The van der Waals surface area contributed by atoms with Crippen molar-refractivity contribution in [2.75, 3.05) is 39.5 Å². The second kappa shape index (κ2) is 8.61. The molecule has 0 radical (unpaired) electrons. The van der Waals surface area contributed by atoms with Crippen molar-refractivity contribution >= 4 is 11.9 Å². The predicted octanol–water partition coefficient (Wildman–Crippen LogP) is 2.58. The van der Waals surface area contributed by atoms with Crippen LogP contribution in [0.15, 0.2) is 18.2 Å². The van der Waals surface area contributed by atoms with Crippen LogP contribution in [0, 0.1) is 5.41 Å². The number of likely N-dealkylation sites (tertiary alicyclic amines) is 1. The lowest BCUT2D eigenvalue weighted by molar-refractivity contribution is -0.139. The van der Waals surface area contributed by atoms with Crippen molar-refractivity contribution in [1.29, 1.82) is 0 Å². The number of piperidine rings is 1. The van der Waals surface area contributed by atoms with Gasteiger partial charge in [-0.25, -0.2) is 4.79 Å². The zero-order chi connectivity index (χ0) is 19.3. The highest BCUT2D eigenvalue weighted by Gasteiger charge is 2.38. The molecule has 148 valence electrons. The number of rotatable bonds is 6. The maximum atomic E-state index is 13.1. The summed E-state index contributed by atoms with van der Waals surface area (Å²) in [6.07, 6.45) is 4.15. The number of amides is 1. The Labute approximate surface area is 159 Å². The second-order valence-electron chi connectivity index (χ2n) is 7.22. The standard InChI is InChI=1S/C20H27NO6/c1-2-26-17-12-15(4-5-16(17)27-13-18(22)23)19(24)21-9-3-6-20(14-21)7-10-25-11-8-20/h4-5,12H,2-3,6-11,13-14H2,1H3,(H,22,23). The molecule has 7 heteroatoms. The van der Waals surface area contributed by atoms with Gasteiger partial charge in [-0.2, -0.15) is 0 Å². The number of nitrogens with zero attached hydrogens (tertiary/aromatic N) is 1. The monoisotopic (exact) mass is 377 g/mol. The van der Waals surface area contributed by atoms with Gasteiger partial charge in [0.05, 0.1) is 6.61 Å². The van der Waals surface area contributed by atoms with Gasteiger partial charge in [0, 0.05) is 31.9 Å². The quantitative estimate of drug-likeness (QED) is 0.820. The first kappa shape index (κ1) is 19.5. The highest BCUT2D eigenvalue weighted by atomic mass is 16.5. The predicted molar refractivity (Wildman–Crippen MR) is 98.4 cm³/mol. The molecule has 0 aliphatic carbocycles. The lowest BCUT2D eigenvalue weighted by atomic mass is 9.74. The molecule has 3 rings (SSSR count). The van der Waals surface area contributed by atoms with Crippen LogP contribution in [0.4, 0.5) is 0 Å². The Kier molecular flexibility index (Phi) is 6.21. The lowest BCUT2D eigenvalue weighted by Crippen LogP contribution is -2.48. The molecule has 0 aromatic heterocycles. The average molecular weight is 377 g/mol. The zero-order valence-corrected chi connectivity index (χ0v) is 15.7. The van der Waals surface area contributed by atoms with Gasteiger partial charge in [-0.05, 0) is 56.2 Å². The van der Waals surface area contributed by atoms with E-state index in [2.05, 4.69) is 0 Å². The molecular formula is C20H27NO6. The van der Waals surface area contributed by atoms with E-state index in [9.17, 15) is 9.59 Å². The molecular weight excluding hydrogens is 350 g/mol. The van der Waals surface area contributed by atoms with Gasteiger partial charge in [-0.3, -0.25) is 4.79 Å². The molecule has 2 aliphatic rings. The second-order valence-corrected chi connectivity index (χ2v) is 7.22. The number of carbonyl (C=O) groups is 2. The van der Waals surface area contributed by atoms with E-state index in [0.29, 0.717) is 23.7 Å². The molecule has 27 heavy (non-hydrogen) atoms.